The number of nitrogens with one attached hydrogen (secondary N) is 1. The maximum atomic E-state index is 12.2. The summed E-state index contributed by atoms with van der Waals surface area (Å²) in [6, 6.07) is 13.4. The van der Waals surface area contributed by atoms with Crippen LogP contribution in [-0.4, -0.2) is 19.9 Å². The van der Waals surface area contributed by atoms with E-state index in [9.17, 15) is 9.59 Å². The molecule has 0 fully saturated rings. The summed E-state index contributed by atoms with van der Waals surface area (Å²) < 4.78 is 3.43. The van der Waals surface area contributed by atoms with Crippen molar-refractivity contribution in [2.75, 3.05) is 5.32 Å². The van der Waals surface area contributed by atoms with Crippen LogP contribution in [0.25, 0.3) is 16.9 Å². The van der Waals surface area contributed by atoms with Crippen LogP contribution >= 0.6 is 11.3 Å². The van der Waals surface area contributed by atoms with E-state index in [0.717, 1.165) is 33.9 Å². The summed E-state index contributed by atoms with van der Waals surface area (Å²) in [7, 11) is 0. The molecule has 3 aromatic heterocycles. The number of carbonyl (C=O) groups excluding carboxylic acids is 1. The molecule has 0 unspecified atom stereocenters. The van der Waals surface area contributed by atoms with Gasteiger partial charge in [0.25, 0.3) is 0 Å². The third-order valence-electron chi connectivity index (χ3n) is 4.11. The molecule has 0 aliphatic heterocycles. The zero-order valence-corrected chi connectivity index (χ0v) is 14.9. The molecule has 3 heterocycles. The number of pyridine rings is 1. The highest BCUT2D eigenvalue weighted by molar-refractivity contribution is 7.07. The minimum absolute atomic E-state index is 0.0162. The fourth-order valence-electron chi connectivity index (χ4n) is 2.74. The molecule has 0 atom stereocenters. The molecule has 0 aliphatic carbocycles. The lowest BCUT2D eigenvalue weighted by molar-refractivity contribution is -0.116. The van der Waals surface area contributed by atoms with E-state index in [2.05, 4.69) is 10.3 Å². The van der Waals surface area contributed by atoms with E-state index < -0.39 is 0 Å². The molecule has 0 saturated carbocycles. The van der Waals surface area contributed by atoms with Gasteiger partial charge in [0, 0.05) is 34.7 Å². The fraction of sp³-hybridized carbons (Fsp3) is 0.105. The number of carbonyl (C=O) groups is 1. The highest BCUT2D eigenvalue weighted by atomic mass is 32.1. The summed E-state index contributed by atoms with van der Waals surface area (Å²) in [4.78, 5) is 28.3. The lowest BCUT2D eigenvalue weighted by atomic mass is 10.1. The summed E-state index contributed by atoms with van der Waals surface area (Å²) in [6.45, 7) is 1.83. The molecule has 4 rings (SSSR count). The molecule has 6 nitrogen and oxygen atoms in total. The number of aromatic nitrogens is 3. The lowest BCUT2D eigenvalue weighted by Gasteiger charge is -2.07. The number of nitrogens with zero attached hydrogens (tertiary/aromatic N) is 3. The first-order chi connectivity index (χ1) is 12.6. The monoisotopic (exact) mass is 364 g/mol. The van der Waals surface area contributed by atoms with E-state index in [1.165, 1.54) is 4.57 Å². The molecule has 1 N–H and O–H groups in total. The molecular weight excluding hydrogens is 348 g/mol. The number of hydrogen-bond acceptors (Lipinski definition) is 4. The standard InChI is InChI=1S/C19H16N4O2S/c1-13-12-26-19(25)23(13)11-18(24)20-15-7-5-14(6-8-15)16-10-22-9-3-2-4-17(22)21-16/h2-10,12H,11H2,1H3,(H,20,24). The van der Waals surface area contributed by atoms with Crippen molar-refractivity contribution in [3.63, 3.8) is 0 Å². The van der Waals surface area contributed by atoms with Crippen LogP contribution in [0.15, 0.2) is 65.0 Å². The van der Waals surface area contributed by atoms with Gasteiger partial charge in [-0.25, -0.2) is 4.98 Å². The van der Waals surface area contributed by atoms with E-state index in [4.69, 9.17) is 0 Å². The largest absolute Gasteiger partial charge is 0.325 e. The second-order valence-electron chi connectivity index (χ2n) is 5.95. The Morgan fingerprint density at radius 2 is 2.00 bits per heavy atom. The Morgan fingerprint density at radius 3 is 2.69 bits per heavy atom. The smallest absolute Gasteiger partial charge is 0.307 e. The van der Waals surface area contributed by atoms with Crippen molar-refractivity contribution in [1.82, 2.24) is 14.0 Å². The minimum atomic E-state index is -0.228. The molecule has 1 amide bonds. The summed E-state index contributed by atoms with van der Waals surface area (Å²) in [6.07, 6.45) is 3.92. The first-order valence-electron chi connectivity index (χ1n) is 8.09. The van der Waals surface area contributed by atoms with Gasteiger partial charge >= 0.3 is 4.87 Å². The predicted octanol–water partition coefficient (Wildman–Crippen LogP) is 3.17. The van der Waals surface area contributed by atoms with E-state index in [0.29, 0.717) is 5.69 Å². The molecule has 0 aliphatic rings. The van der Waals surface area contributed by atoms with Crippen molar-refractivity contribution in [2.45, 2.75) is 13.5 Å². The van der Waals surface area contributed by atoms with E-state index >= 15 is 0 Å². The molecule has 0 saturated heterocycles. The topological polar surface area (TPSA) is 68.4 Å². The number of anilines is 1. The first-order valence-corrected chi connectivity index (χ1v) is 8.97. The van der Waals surface area contributed by atoms with Gasteiger partial charge in [-0.3, -0.25) is 14.2 Å². The highest BCUT2D eigenvalue weighted by Crippen LogP contribution is 2.21. The molecule has 0 radical (unpaired) electrons. The number of amides is 1. The summed E-state index contributed by atoms with van der Waals surface area (Å²) >= 11 is 1.10. The van der Waals surface area contributed by atoms with Crippen LogP contribution in [0.4, 0.5) is 5.69 Å². The van der Waals surface area contributed by atoms with E-state index in [-0.39, 0.29) is 17.3 Å². The number of benzene rings is 1. The van der Waals surface area contributed by atoms with Crippen molar-refractivity contribution >= 4 is 28.6 Å². The number of imidazole rings is 1. The van der Waals surface area contributed by atoms with Gasteiger partial charge in [0.2, 0.25) is 5.91 Å². The van der Waals surface area contributed by atoms with Gasteiger partial charge < -0.3 is 9.72 Å². The number of hydrogen-bond donors (Lipinski definition) is 1. The number of rotatable bonds is 4. The lowest BCUT2D eigenvalue weighted by Crippen LogP contribution is -2.25. The zero-order valence-electron chi connectivity index (χ0n) is 14.0. The van der Waals surface area contributed by atoms with Gasteiger partial charge in [0.15, 0.2) is 0 Å². The molecule has 7 heteroatoms. The Labute approximate surface area is 153 Å². The summed E-state index contributed by atoms with van der Waals surface area (Å²) in [5.74, 6) is -0.228. The zero-order chi connectivity index (χ0) is 18.1. The van der Waals surface area contributed by atoms with Gasteiger partial charge in [0.1, 0.15) is 12.2 Å². The van der Waals surface area contributed by atoms with Gasteiger partial charge in [-0.15, -0.1) is 0 Å². The average molecular weight is 364 g/mol. The Hall–Kier alpha value is -3.19. The number of fused-ring (bicyclic) bond motifs is 1. The molecule has 1 aromatic carbocycles. The number of thiazole rings is 1. The minimum Gasteiger partial charge on any atom is -0.325 e. The molecule has 130 valence electrons. The van der Waals surface area contributed by atoms with Crippen LogP contribution in [0, 0.1) is 6.92 Å². The fourth-order valence-corrected chi connectivity index (χ4v) is 3.47. The van der Waals surface area contributed by atoms with Crippen molar-refractivity contribution in [3.05, 3.63) is 75.6 Å². The van der Waals surface area contributed by atoms with Gasteiger partial charge in [-0.2, -0.15) is 0 Å². The average Bonchev–Trinajstić information content (AvgIpc) is 3.21. The Bertz CT molecular complexity index is 1110. The van der Waals surface area contributed by atoms with Crippen LogP contribution in [0.3, 0.4) is 0 Å². The maximum Gasteiger partial charge on any atom is 0.307 e. The third kappa shape index (κ3) is 3.16. The van der Waals surface area contributed by atoms with Crippen molar-refractivity contribution in [3.8, 4) is 11.3 Å². The molecule has 0 bridgehead atoms. The van der Waals surface area contributed by atoms with Gasteiger partial charge in [0.05, 0.1) is 5.69 Å². The third-order valence-corrected chi connectivity index (χ3v) is 4.99. The molecule has 4 aromatic rings. The van der Waals surface area contributed by atoms with Gasteiger partial charge in [-0.1, -0.05) is 29.5 Å². The number of aryl methyl sites for hydroxylation is 1. The molecule has 26 heavy (non-hydrogen) atoms. The van der Waals surface area contributed by atoms with Crippen LogP contribution < -0.4 is 10.2 Å². The summed E-state index contributed by atoms with van der Waals surface area (Å²) in [5.41, 5.74) is 4.20. The van der Waals surface area contributed by atoms with Crippen molar-refractivity contribution in [1.29, 1.82) is 0 Å². The highest BCUT2D eigenvalue weighted by Gasteiger charge is 2.09. The molecule has 0 spiro atoms. The maximum absolute atomic E-state index is 12.2. The van der Waals surface area contributed by atoms with Crippen LogP contribution in [-0.2, 0) is 11.3 Å². The normalized spacial score (nSPS) is 11.0. The first kappa shape index (κ1) is 16.3. The predicted molar refractivity (Wildman–Crippen MR) is 103 cm³/mol. The van der Waals surface area contributed by atoms with Crippen molar-refractivity contribution in [2.24, 2.45) is 0 Å². The Kier molecular flexibility index (Phi) is 4.14. The van der Waals surface area contributed by atoms with Crippen molar-refractivity contribution < 1.29 is 4.79 Å². The van der Waals surface area contributed by atoms with E-state index in [1.54, 1.807) is 5.38 Å². The second kappa shape index (κ2) is 6.61. The molecular formula is C19H16N4O2S. The van der Waals surface area contributed by atoms with Crippen LogP contribution in [0.5, 0.6) is 0 Å². The van der Waals surface area contributed by atoms with Crippen LogP contribution in [0.2, 0.25) is 0 Å². The Balaban J connectivity index is 1.49. The quantitative estimate of drug-likeness (QED) is 0.605. The van der Waals surface area contributed by atoms with Gasteiger partial charge in [-0.05, 0) is 31.2 Å². The second-order valence-corrected chi connectivity index (χ2v) is 6.77. The van der Waals surface area contributed by atoms with Crippen LogP contribution in [0.1, 0.15) is 5.69 Å². The SMILES string of the molecule is Cc1csc(=O)n1CC(=O)Nc1ccc(-c2cn3ccccc3n2)cc1. The summed E-state index contributed by atoms with van der Waals surface area (Å²) in [5, 5.41) is 4.57. The Morgan fingerprint density at radius 1 is 1.19 bits per heavy atom. The van der Waals surface area contributed by atoms with E-state index in [1.807, 2.05) is 66.2 Å².